The van der Waals surface area contributed by atoms with Gasteiger partial charge in [0.1, 0.15) is 11.9 Å². The topological polar surface area (TPSA) is 49.9 Å². The van der Waals surface area contributed by atoms with Gasteiger partial charge in [-0.3, -0.25) is 4.79 Å². The van der Waals surface area contributed by atoms with Gasteiger partial charge in [0.25, 0.3) is 0 Å². The van der Waals surface area contributed by atoms with Gasteiger partial charge >= 0.3 is 6.09 Å². The lowest BCUT2D eigenvalue weighted by Crippen LogP contribution is -2.55. The summed E-state index contributed by atoms with van der Waals surface area (Å²) in [7, 11) is 0. The number of ether oxygens (including phenoxy) is 1. The van der Waals surface area contributed by atoms with Crippen molar-refractivity contribution in [1.29, 1.82) is 0 Å². The van der Waals surface area contributed by atoms with Crippen LogP contribution in [-0.2, 0) is 4.74 Å². The number of hydrogen-bond acceptors (Lipinski definition) is 4. The molecule has 0 unspecified atom stereocenters. The normalized spacial score (nSPS) is 19.0. The molecule has 0 aliphatic carbocycles. The molecule has 1 aliphatic rings. The minimum absolute atomic E-state index is 0.0781. The summed E-state index contributed by atoms with van der Waals surface area (Å²) in [5.41, 5.74) is 1.27. The van der Waals surface area contributed by atoms with E-state index in [9.17, 15) is 9.59 Å². The third kappa shape index (κ3) is 4.00. The molecular formula is C17H24N2O3. The Labute approximate surface area is 131 Å². The van der Waals surface area contributed by atoms with Crippen molar-refractivity contribution in [2.75, 3.05) is 24.5 Å². The average molecular weight is 304 g/mol. The molecule has 1 saturated heterocycles. The van der Waals surface area contributed by atoms with E-state index in [2.05, 4.69) is 4.90 Å². The monoisotopic (exact) mass is 304 g/mol. The molecule has 120 valence electrons. The van der Waals surface area contributed by atoms with Crippen molar-refractivity contribution in [3.63, 3.8) is 0 Å². The van der Waals surface area contributed by atoms with Gasteiger partial charge in [-0.2, -0.15) is 0 Å². The highest BCUT2D eigenvalue weighted by Crippen LogP contribution is 2.21. The maximum Gasteiger partial charge on any atom is 0.410 e. The van der Waals surface area contributed by atoms with E-state index in [0.29, 0.717) is 12.1 Å². The molecule has 5 nitrogen and oxygen atoms in total. The number of hydrogen-bond donors (Lipinski definition) is 0. The van der Waals surface area contributed by atoms with Crippen molar-refractivity contribution >= 4 is 18.1 Å². The van der Waals surface area contributed by atoms with Crippen LogP contribution in [-0.4, -0.2) is 48.6 Å². The molecule has 0 saturated carbocycles. The lowest BCUT2D eigenvalue weighted by atomic mass is 10.1. The predicted molar refractivity (Wildman–Crippen MR) is 86.4 cm³/mol. The van der Waals surface area contributed by atoms with Crippen molar-refractivity contribution in [1.82, 2.24) is 4.90 Å². The first-order valence-electron chi connectivity index (χ1n) is 7.60. The molecule has 0 spiro atoms. The first-order valence-corrected chi connectivity index (χ1v) is 7.60. The third-order valence-electron chi connectivity index (χ3n) is 3.65. The highest BCUT2D eigenvalue weighted by atomic mass is 16.6. The fourth-order valence-electron chi connectivity index (χ4n) is 2.55. The predicted octanol–water partition coefficient (Wildman–Crippen LogP) is 2.94. The van der Waals surface area contributed by atoms with E-state index in [1.165, 1.54) is 0 Å². The molecule has 1 amide bonds. The number of carbonyl (C=O) groups is 2. The van der Waals surface area contributed by atoms with E-state index in [0.717, 1.165) is 25.1 Å². The van der Waals surface area contributed by atoms with E-state index in [4.69, 9.17) is 4.74 Å². The Morgan fingerprint density at radius 3 is 2.36 bits per heavy atom. The van der Waals surface area contributed by atoms with Crippen molar-refractivity contribution in [2.24, 2.45) is 0 Å². The Balaban J connectivity index is 1.99. The van der Waals surface area contributed by atoms with E-state index < -0.39 is 5.60 Å². The lowest BCUT2D eigenvalue weighted by Gasteiger charge is -2.41. The molecule has 1 heterocycles. The van der Waals surface area contributed by atoms with Gasteiger partial charge in [0.05, 0.1) is 0 Å². The molecule has 1 aromatic rings. The van der Waals surface area contributed by atoms with Gasteiger partial charge in [0.2, 0.25) is 0 Å². The molecule has 1 atom stereocenters. The van der Waals surface area contributed by atoms with Crippen LogP contribution in [0.1, 0.15) is 38.1 Å². The zero-order chi connectivity index (χ0) is 16.3. The van der Waals surface area contributed by atoms with Crippen LogP contribution in [0, 0.1) is 0 Å². The minimum Gasteiger partial charge on any atom is -0.444 e. The molecule has 0 N–H and O–H groups in total. The van der Waals surface area contributed by atoms with Gasteiger partial charge < -0.3 is 14.5 Å². The van der Waals surface area contributed by atoms with Crippen molar-refractivity contribution in [3.05, 3.63) is 29.8 Å². The van der Waals surface area contributed by atoms with Crippen LogP contribution in [0.15, 0.2) is 24.3 Å². The number of nitrogens with zero attached hydrogens (tertiary/aromatic N) is 2. The van der Waals surface area contributed by atoms with E-state index >= 15 is 0 Å². The molecule has 1 aromatic carbocycles. The second kappa shape index (κ2) is 6.38. The second-order valence-corrected chi connectivity index (χ2v) is 6.68. The molecule has 0 radical (unpaired) electrons. The van der Waals surface area contributed by atoms with Crippen molar-refractivity contribution in [3.8, 4) is 0 Å². The molecule has 5 heteroatoms. The van der Waals surface area contributed by atoms with E-state index in [-0.39, 0.29) is 12.1 Å². The van der Waals surface area contributed by atoms with Crippen LogP contribution in [0.3, 0.4) is 0 Å². The quantitative estimate of drug-likeness (QED) is 0.788. The van der Waals surface area contributed by atoms with Crippen LogP contribution in [0.2, 0.25) is 0 Å². The Hall–Kier alpha value is -2.04. The minimum atomic E-state index is -0.474. The molecule has 2 rings (SSSR count). The van der Waals surface area contributed by atoms with Crippen LogP contribution >= 0.6 is 0 Å². The average Bonchev–Trinajstić information content (AvgIpc) is 2.45. The van der Waals surface area contributed by atoms with Crippen LogP contribution in [0.4, 0.5) is 10.5 Å². The first kappa shape index (κ1) is 16.3. The number of carbonyl (C=O) groups excluding carboxylic acids is 2. The van der Waals surface area contributed by atoms with E-state index in [1.807, 2.05) is 52.0 Å². The Morgan fingerprint density at radius 1 is 1.23 bits per heavy atom. The molecule has 22 heavy (non-hydrogen) atoms. The Bertz CT molecular complexity index is 534. The smallest absolute Gasteiger partial charge is 0.410 e. The van der Waals surface area contributed by atoms with Gasteiger partial charge in [-0.25, -0.2) is 4.79 Å². The van der Waals surface area contributed by atoms with Gasteiger partial charge in [0, 0.05) is 36.9 Å². The number of rotatable bonds is 2. The molecule has 1 fully saturated rings. The highest BCUT2D eigenvalue weighted by molar-refractivity contribution is 5.75. The fourth-order valence-corrected chi connectivity index (χ4v) is 2.55. The van der Waals surface area contributed by atoms with Gasteiger partial charge in [0.15, 0.2) is 0 Å². The summed E-state index contributed by atoms with van der Waals surface area (Å²) >= 11 is 0. The third-order valence-corrected chi connectivity index (χ3v) is 3.65. The molecule has 0 bridgehead atoms. The van der Waals surface area contributed by atoms with E-state index in [1.54, 1.807) is 4.90 Å². The standard InChI is InChI=1S/C17H24N2O3/c1-13-11-18(15-7-5-14(12-20)6-8-15)9-10-19(13)16(21)22-17(2,3)4/h5-8,12-13H,9-11H2,1-4H3/t13-/m0/s1. The largest absolute Gasteiger partial charge is 0.444 e. The summed E-state index contributed by atoms with van der Waals surface area (Å²) in [4.78, 5) is 26.9. The summed E-state index contributed by atoms with van der Waals surface area (Å²) in [5, 5.41) is 0. The zero-order valence-electron chi connectivity index (χ0n) is 13.7. The van der Waals surface area contributed by atoms with Gasteiger partial charge in [-0.15, -0.1) is 0 Å². The Morgan fingerprint density at radius 2 is 1.86 bits per heavy atom. The lowest BCUT2D eigenvalue weighted by molar-refractivity contribution is 0.0159. The molecule has 0 aromatic heterocycles. The molecular weight excluding hydrogens is 280 g/mol. The number of piperazine rings is 1. The number of aldehydes is 1. The molecule has 1 aliphatic heterocycles. The summed E-state index contributed by atoms with van der Waals surface area (Å²) in [5.74, 6) is 0. The Kier molecular flexibility index (Phi) is 4.74. The fraction of sp³-hybridized carbons (Fsp3) is 0.529. The SMILES string of the molecule is C[C@H]1CN(c2ccc(C=O)cc2)CCN1C(=O)OC(C)(C)C. The van der Waals surface area contributed by atoms with Crippen LogP contribution in [0.25, 0.3) is 0 Å². The highest BCUT2D eigenvalue weighted by Gasteiger charge is 2.30. The summed E-state index contributed by atoms with van der Waals surface area (Å²) in [6.45, 7) is 9.78. The zero-order valence-corrected chi connectivity index (χ0v) is 13.7. The number of anilines is 1. The van der Waals surface area contributed by atoms with Crippen LogP contribution < -0.4 is 4.90 Å². The summed E-state index contributed by atoms with van der Waals surface area (Å²) in [6.07, 6.45) is 0.586. The van der Waals surface area contributed by atoms with Crippen molar-refractivity contribution in [2.45, 2.75) is 39.3 Å². The van der Waals surface area contributed by atoms with Crippen molar-refractivity contribution < 1.29 is 14.3 Å². The van der Waals surface area contributed by atoms with Crippen LogP contribution in [0.5, 0.6) is 0 Å². The maximum atomic E-state index is 12.2. The summed E-state index contributed by atoms with van der Waals surface area (Å²) in [6, 6.07) is 7.59. The van der Waals surface area contributed by atoms with Gasteiger partial charge in [-0.05, 0) is 52.0 Å². The maximum absolute atomic E-state index is 12.2. The second-order valence-electron chi connectivity index (χ2n) is 6.68. The summed E-state index contributed by atoms with van der Waals surface area (Å²) < 4.78 is 5.45. The first-order chi connectivity index (χ1) is 10.3. The number of benzene rings is 1. The van der Waals surface area contributed by atoms with Gasteiger partial charge in [-0.1, -0.05) is 0 Å². The number of amides is 1.